The fourth-order valence-corrected chi connectivity index (χ4v) is 1.98. The highest BCUT2D eigenvalue weighted by Gasteiger charge is 2.06. The molecule has 0 aliphatic rings. The zero-order valence-corrected chi connectivity index (χ0v) is 11.4. The molecule has 0 aliphatic carbocycles. The van der Waals surface area contributed by atoms with Crippen LogP contribution in [0.2, 0.25) is 5.02 Å². The Kier molecular flexibility index (Phi) is 4.43. The molecule has 0 radical (unpaired) electrons. The summed E-state index contributed by atoms with van der Waals surface area (Å²) in [5.41, 5.74) is 1.52. The number of aromatic nitrogens is 2. The number of hydrogen-bond acceptors (Lipinski definition) is 3. The van der Waals surface area contributed by atoms with Crippen LogP contribution in [0.4, 0.5) is 0 Å². The van der Waals surface area contributed by atoms with Crippen molar-refractivity contribution in [2.24, 2.45) is 0 Å². The molecule has 0 saturated heterocycles. The lowest BCUT2D eigenvalue weighted by atomic mass is 10.2. The Bertz CT molecular complexity index is 601. The molecule has 0 atom stereocenters. The van der Waals surface area contributed by atoms with Crippen molar-refractivity contribution in [1.82, 2.24) is 9.55 Å². The maximum atomic E-state index is 8.77. The Morgan fingerprint density at radius 1 is 1.47 bits per heavy atom. The molecule has 0 spiro atoms. The monoisotopic (exact) mass is 275 g/mol. The SMILES string of the molecule is CCCn1cncc1COc1ccc(C#N)cc1Cl. The maximum absolute atomic E-state index is 8.77. The van der Waals surface area contributed by atoms with Crippen molar-refractivity contribution in [3.05, 3.63) is 47.0 Å². The quantitative estimate of drug-likeness (QED) is 0.840. The number of aryl methyl sites for hydroxylation is 1. The first-order valence-electron chi connectivity index (χ1n) is 6.06. The first kappa shape index (κ1) is 13.4. The standard InChI is InChI=1S/C14H14ClN3O/c1-2-5-18-10-17-8-12(18)9-19-14-4-3-11(7-16)6-13(14)15/h3-4,6,8,10H,2,5,9H2,1H3. The topological polar surface area (TPSA) is 50.8 Å². The molecule has 0 unspecified atom stereocenters. The largest absolute Gasteiger partial charge is 0.486 e. The number of rotatable bonds is 5. The molecule has 1 heterocycles. The summed E-state index contributed by atoms with van der Waals surface area (Å²) < 4.78 is 7.72. The molecule has 0 aliphatic heterocycles. The van der Waals surface area contributed by atoms with E-state index in [9.17, 15) is 0 Å². The van der Waals surface area contributed by atoms with Crippen LogP contribution in [0.3, 0.4) is 0 Å². The summed E-state index contributed by atoms with van der Waals surface area (Å²) in [6.45, 7) is 3.44. The highest BCUT2D eigenvalue weighted by molar-refractivity contribution is 6.32. The van der Waals surface area contributed by atoms with Gasteiger partial charge in [0.1, 0.15) is 12.4 Å². The van der Waals surface area contributed by atoms with E-state index >= 15 is 0 Å². The van der Waals surface area contributed by atoms with Crippen LogP contribution in [0.1, 0.15) is 24.6 Å². The van der Waals surface area contributed by atoms with Gasteiger partial charge in [0.15, 0.2) is 0 Å². The van der Waals surface area contributed by atoms with Crippen LogP contribution < -0.4 is 4.74 Å². The highest BCUT2D eigenvalue weighted by Crippen LogP contribution is 2.26. The minimum atomic E-state index is 0.408. The summed E-state index contributed by atoms with van der Waals surface area (Å²) in [5.74, 6) is 0.574. The molecule has 0 amide bonds. The molecule has 19 heavy (non-hydrogen) atoms. The van der Waals surface area contributed by atoms with Crippen molar-refractivity contribution in [3.8, 4) is 11.8 Å². The van der Waals surface area contributed by atoms with E-state index in [-0.39, 0.29) is 0 Å². The van der Waals surface area contributed by atoms with Gasteiger partial charge in [-0.15, -0.1) is 0 Å². The Labute approximate surface area is 117 Å². The van der Waals surface area contributed by atoms with E-state index < -0.39 is 0 Å². The fraction of sp³-hybridized carbons (Fsp3) is 0.286. The van der Waals surface area contributed by atoms with Crippen LogP contribution in [0.25, 0.3) is 0 Å². The second-order valence-electron chi connectivity index (χ2n) is 4.12. The van der Waals surface area contributed by atoms with Gasteiger partial charge in [0.25, 0.3) is 0 Å². The van der Waals surface area contributed by atoms with E-state index in [1.165, 1.54) is 0 Å². The molecule has 0 fully saturated rings. The fourth-order valence-electron chi connectivity index (χ4n) is 1.75. The summed E-state index contributed by atoms with van der Waals surface area (Å²) in [6.07, 6.45) is 4.62. The number of nitrogens with zero attached hydrogens (tertiary/aromatic N) is 3. The molecule has 0 saturated carbocycles. The van der Waals surface area contributed by atoms with Crippen LogP contribution in [-0.4, -0.2) is 9.55 Å². The molecule has 98 valence electrons. The van der Waals surface area contributed by atoms with E-state index in [1.807, 2.05) is 6.07 Å². The molecular formula is C14H14ClN3O. The van der Waals surface area contributed by atoms with Gasteiger partial charge in [-0.1, -0.05) is 18.5 Å². The average molecular weight is 276 g/mol. The summed E-state index contributed by atoms with van der Waals surface area (Å²) in [4.78, 5) is 4.11. The highest BCUT2D eigenvalue weighted by atomic mass is 35.5. The molecule has 5 heteroatoms. The smallest absolute Gasteiger partial charge is 0.138 e. The predicted molar refractivity (Wildman–Crippen MR) is 73.0 cm³/mol. The lowest BCUT2D eigenvalue weighted by molar-refractivity contribution is 0.295. The van der Waals surface area contributed by atoms with E-state index in [1.54, 1.807) is 30.7 Å². The lowest BCUT2D eigenvalue weighted by Crippen LogP contribution is -2.05. The number of imidazole rings is 1. The van der Waals surface area contributed by atoms with Gasteiger partial charge >= 0.3 is 0 Å². The van der Waals surface area contributed by atoms with Gasteiger partial charge in [-0.3, -0.25) is 0 Å². The minimum Gasteiger partial charge on any atom is -0.486 e. The van der Waals surface area contributed by atoms with Gasteiger partial charge in [-0.05, 0) is 24.6 Å². The molecule has 2 rings (SSSR count). The first-order chi connectivity index (χ1) is 9.24. The zero-order chi connectivity index (χ0) is 13.7. The molecule has 0 N–H and O–H groups in total. The van der Waals surface area contributed by atoms with E-state index in [0.29, 0.717) is 22.9 Å². The third kappa shape index (κ3) is 3.27. The molecule has 4 nitrogen and oxygen atoms in total. The van der Waals surface area contributed by atoms with Crippen molar-refractivity contribution in [2.45, 2.75) is 26.5 Å². The minimum absolute atomic E-state index is 0.408. The molecule has 2 aromatic rings. The molecule has 0 bridgehead atoms. The summed E-state index contributed by atoms with van der Waals surface area (Å²) in [7, 11) is 0. The van der Waals surface area contributed by atoms with Crippen molar-refractivity contribution in [3.63, 3.8) is 0 Å². The number of halogens is 1. The first-order valence-corrected chi connectivity index (χ1v) is 6.44. The Hall–Kier alpha value is -1.99. The van der Waals surface area contributed by atoms with Crippen molar-refractivity contribution >= 4 is 11.6 Å². The summed E-state index contributed by atoms with van der Waals surface area (Å²) in [5, 5.41) is 9.21. The summed E-state index contributed by atoms with van der Waals surface area (Å²) >= 11 is 6.05. The normalized spacial score (nSPS) is 10.2. The van der Waals surface area contributed by atoms with Crippen molar-refractivity contribution < 1.29 is 4.74 Å². The zero-order valence-electron chi connectivity index (χ0n) is 10.6. The molecular weight excluding hydrogens is 262 g/mol. The third-order valence-electron chi connectivity index (χ3n) is 2.70. The number of ether oxygens (including phenoxy) is 1. The van der Waals surface area contributed by atoms with Crippen LogP contribution in [0.15, 0.2) is 30.7 Å². The second-order valence-corrected chi connectivity index (χ2v) is 4.53. The van der Waals surface area contributed by atoms with Gasteiger partial charge in [0, 0.05) is 6.54 Å². The predicted octanol–water partition coefficient (Wildman–Crippen LogP) is 3.40. The van der Waals surface area contributed by atoms with E-state index in [2.05, 4.69) is 16.5 Å². The van der Waals surface area contributed by atoms with Crippen LogP contribution in [-0.2, 0) is 13.2 Å². The maximum Gasteiger partial charge on any atom is 0.138 e. The number of hydrogen-bond donors (Lipinski definition) is 0. The van der Waals surface area contributed by atoms with Gasteiger partial charge in [0.05, 0.1) is 34.9 Å². The third-order valence-corrected chi connectivity index (χ3v) is 2.99. The van der Waals surface area contributed by atoms with Gasteiger partial charge < -0.3 is 9.30 Å². The van der Waals surface area contributed by atoms with Gasteiger partial charge in [-0.2, -0.15) is 5.26 Å². The summed E-state index contributed by atoms with van der Waals surface area (Å²) in [6, 6.07) is 7.03. The van der Waals surface area contributed by atoms with Gasteiger partial charge in [0.2, 0.25) is 0 Å². The molecule has 1 aromatic carbocycles. The van der Waals surface area contributed by atoms with Crippen molar-refractivity contribution in [2.75, 3.05) is 0 Å². The van der Waals surface area contributed by atoms with Crippen LogP contribution in [0, 0.1) is 11.3 Å². The van der Waals surface area contributed by atoms with Crippen LogP contribution in [0.5, 0.6) is 5.75 Å². The Morgan fingerprint density at radius 3 is 3.00 bits per heavy atom. The van der Waals surface area contributed by atoms with Crippen LogP contribution >= 0.6 is 11.6 Å². The average Bonchev–Trinajstić information content (AvgIpc) is 2.85. The lowest BCUT2D eigenvalue weighted by Gasteiger charge is -2.10. The van der Waals surface area contributed by atoms with E-state index in [4.69, 9.17) is 21.6 Å². The Morgan fingerprint density at radius 2 is 2.32 bits per heavy atom. The Balaban J connectivity index is 2.06. The second kappa shape index (κ2) is 6.26. The van der Waals surface area contributed by atoms with Gasteiger partial charge in [-0.25, -0.2) is 4.98 Å². The van der Waals surface area contributed by atoms with E-state index in [0.717, 1.165) is 18.7 Å². The number of nitriles is 1. The number of benzene rings is 1. The van der Waals surface area contributed by atoms with Crippen molar-refractivity contribution in [1.29, 1.82) is 5.26 Å². The molecule has 1 aromatic heterocycles.